The average Bonchev–Trinajstić information content (AvgIpc) is 2.56. The summed E-state index contributed by atoms with van der Waals surface area (Å²) in [7, 11) is 0. The molecule has 1 aromatic carbocycles. The number of aliphatic hydroxyl groups excluding tert-OH is 1. The minimum atomic E-state index is -0.610. The van der Waals surface area contributed by atoms with E-state index in [-0.39, 0.29) is 25.5 Å². The van der Waals surface area contributed by atoms with Crippen LogP contribution in [0.4, 0.5) is 19.7 Å². The normalized spacial score (nSPS) is 17.8. The summed E-state index contributed by atoms with van der Waals surface area (Å²) in [5.74, 6) is -0.345. The molecule has 1 atom stereocenters. The number of aliphatic hydroxyl groups is 1. The van der Waals surface area contributed by atoms with Crippen LogP contribution in [0.1, 0.15) is 26.3 Å². The second-order valence-corrected chi connectivity index (χ2v) is 7.35. The van der Waals surface area contributed by atoms with Crippen molar-refractivity contribution in [3.63, 3.8) is 0 Å². The van der Waals surface area contributed by atoms with Crippen LogP contribution in [0.5, 0.6) is 0 Å². The molecule has 0 radical (unpaired) electrons. The van der Waals surface area contributed by atoms with Gasteiger partial charge in [-0.15, -0.1) is 0 Å². The number of ether oxygens (including phenoxy) is 1. The number of hydrogen-bond acceptors (Lipinski definition) is 4. The van der Waals surface area contributed by atoms with Crippen molar-refractivity contribution in [2.45, 2.75) is 39.3 Å². The number of carbonyl (C=O) groups excluding carboxylic acids is 2. The Morgan fingerprint density at radius 2 is 2.04 bits per heavy atom. The summed E-state index contributed by atoms with van der Waals surface area (Å²) >= 11 is 0. The van der Waals surface area contributed by atoms with Gasteiger partial charge in [-0.2, -0.15) is 0 Å². The molecule has 1 heterocycles. The Kier molecular flexibility index (Phi) is 6.07. The van der Waals surface area contributed by atoms with Gasteiger partial charge in [-0.05, 0) is 51.5 Å². The average molecular weight is 367 g/mol. The summed E-state index contributed by atoms with van der Waals surface area (Å²) < 4.78 is 18.7. The number of nitrogens with zero attached hydrogens (tertiary/aromatic N) is 2. The first-order valence-corrected chi connectivity index (χ1v) is 8.53. The first kappa shape index (κ1) is 20.0. The number of hydrogen-bond donors (Lipinski definition) is 2. The van der Waals surface area contributed by atoms with Gasteiger partial charge in [0.05, 0.1) is 12.6 Å². The molecule has 1 saturated heterocycles. The lowest BCUT2D eigenvalue weighted by Gasteiger charge is -2.40. The van der Waals surface area contributed by atoms with Crippen LogP contribution in [0.15, 0.2) is 18.2 Å². The number of amides is 3. The molecule has 3 amide bonds. The fourth-order valence-corrected chi connectivity index (χ4v) is 2.69. The second-order valence-electron chi connectivity index (χ2n) is 7.35. The summed E-state index contributed by atoms with van der Waals surface area (Å²) in [6, 6.07) is 3.36. The highest BCUT2D eigenvalue weighted by Crippen LogP contribution is 2.18. The van der Waals surface area contributed by atoms with Gasteiger partial charge in [0.1, 0.15) is 11.4 Å². The van der Waals surface area contributed by atoms with E-state index in [0.29, 0.717) is 17.8 Å². The summed E-state index contributed by atoms with van der Waals surface area (Å²) in [6.07, 6.45) is -0.467. The van der Waals surface area contributed by atoms with Crippen LogP contribution in [0.25, 0.3) is 0 Å². The maximum Gasteiger partial charge on any atom is 0.410 e. The van der Waals surface area contributed by atoms with Crippen LogP contribution in [-0.4, -0.2) is 64.9 Å². The molecule has 1 aromatic rings. The van der Waals surface area contributed by atoms with Crippen molar-refractivity contribution in [1.29, 1.82) is 0 Å². The molecular weight excluding hydrogens is 341 g/mol. The zero-order chi connectivity index (χ0) is 19.5. The zero-order valence-electron chi connectivity index (χ0n) is 15.6. The number of nitrogens with one attached hydrogen (secondary N) is 1. The van der Waals surface area contributed by atoms with E-state index in [4.69, 9.17) is 4.74 Å². The molecule has 0 bridgehead atoms. The standard InChI is InChI=1S/C18H26FN3O4/c1-12-9-13(5-6-15(12)19)20-16(24)22-8-7-21(10-14(22)11-23)17(25)26-18(2,3)4/h5-6,9,14,23H,7-8,10-11H2,1-4H3,(H,20,24). The smallest absolute Gasteiger partial charge is 0.410 e. The van der Waals surface area contributed by atoms with Crippen LogP contribution < -0.4 is 5.32 Å². The molecule has 2 N–H and O–H groups in total. The third kappa shape index (κ3) is 5.08. The molecule has 1 fully saturated rings. The van der Waals surface area contributed by atoms with Crippen LogP contribution in [0, 0.1) is 12.7 Å². The van der Waals surface area contributed by atoms with E-state index in [0.717, 1.165) is 0 Å². The Balaban J connectivity index is 2.01. The van der Waals surface area contributed by atoms with Crippen molar-refractivity contribution in [3.8, 4) is 0 Å². The molecule has 0 saturated carbocycles. The Morgan fingerprint density at radius 1 is 1.35 bits per heavy atom. The van der Waals surface area contributed by atoms with E-state index < -0.39 is 23.8 Å². The van der Waals surface area contributed by atoms with Gasteiger partial charge in [0.25, 0.3) is 0 Å². The molecule has 1 unspecified atom stereocenters. The number of halogens is 1. The van der Waals surface area contributed by atoms with Crippen LogP contribution >= 0.6 is 0 Å². The molecule has 1 aliphatic rings. The highest BCUT2D eigenvalue weighted by molar-refractivity contribution is 5.89. The SMILES string of the molecule is Cc1cc(NC(=O)N2CCN(C(=O)OC(C)(C)C)CC2CO)ccc1F. The number of benzene rings is 1. The lowest BCUT2D eigenvalue weighted by molar-refractivity contribution is 0.00416. The van der Waals surface area contributed by atoms with E-state index in [1.807, 2.05) is 0 Å². The van der Waals surface area contributed by atoms with Crippen molar-refractivity contribution in [1.82, 2.24) is 9.80 Å². The van der Waals surface area contributed by atoms with E-state index >= 15 is 0 Å². The first-order chi connectivity index (χ1) is 12.1. The Morgan fingerprint density at radius 3 is 2.62 bits per heavy atom. The van der Waals surface area contributed by atoms with Crippen molar-refractivity contribution in [3.05, 3.63) is 29.6 Å². The third-order valence-corrected chi connectivity index (χ3v) is 4.02. The molecule has 26 heavy (non-hydrogen) atoms. The van der Waals surface area contributed by atoms with E-state index in [9.17, 15) is 19.1 Å². The number of piperazine rings is 1. The predicted octanol–water partition coefficient (Wildman–Crippen LogP) is 2.58. The summed E-state index contributed by atoms with van der Waals surface area (Å²) in [4.78, 5) is 27.6. The van der Waals surface area contributed by atoms with Gasteiger partial charge in [-0.3, -0.25) is 0 Å². The predicted molar refractivity (Wildman–Crippen MR) is 95.5 cm³/mol. The second kappa shape index (κ2) is 7.90. The molecule has 7 nitrogen and oxygen atoms in total. The minimum absolute atomic E-state index is 0.182. The molecule has 0 aliphatic carbocycles. The van der Waals surface area contributed by atoms with Crippen molar-refractivity contribution < 1.29 is 23.8 Å². The summed E-state index contributed by atoms with van der Waals surface area (Å²) in [5, 5.41) is 12.3. The number of urea groups is 1. The fraction of sp³-hybridized carbons (Fsp3) is 0.556. The quantitative estimate of drug-likeness (QED) is 0.842. The molecule has 0 spiro atoms. The first-order valence-electron chi connectivity index (χ1n) is 8.53. The van der Waals surface area contributed by atoms with Crippen LogP contribution in [0.3, 0.4) is 0 Å². The molecular formula is C18H26FN3O4. The molecule has 2 rings (SSSR count). The third-order valence-electron chi connectivity index (χ3n) is 4.02. The number of rotatable bonds is 2. The minimum Gasteiger partial charge on any atom is -0.444 e. The summed E-state index contributed by atoms with van der Waals surface area (Å²) in [6.45, 7) is 7.42. The molecule has 8 heteroatoms. The maximum atomic E-state index is 13.3. The molecule has 0 aromatic heterocycles. The number of aryl methyl sites for hydroxylation is 1. The number of carbonyl (C=O) groups is 2. The molecule has 144 valence electrons. The highest BCUT2D eigenvalue weighted by atomic mass is 19.1. The Hall–Kier alpha value is -2.35. The summed E-state index contributed by atoms with van der Waals surface area (Å²) in [5.41, 5.74) is 0.289. The van der Waals surface area contributed by atoms with Gasteiger partial charge in [-0.25, -0.2) is 14.0 Å². The van der Waals surface area contributed by atoms with E-state index in [2.05, 4.69) is 5.32 Å². The van der Waals surface area contributed by atoms with Crippen LogP contribution in [-0.2, 0) is 4.74 Å². The number of anilines is 1. The van der Waals surface area contributed by atoms with E-state index in [1.54, 1.807) is 27.7 Å². The highest BCUT2D eigenvalue weighted by Gasteiger charge is 2.34. The Labute approximate surface area is 152 Å². The lowest BCUT2D eigenvalue weighted by atomic mass is 10.2. The largest absolute Gasteiger partial charge is 0.444 e. The monoisotopic (exact) mass is 367 g/mol. The van der Waals surface area contributed by atoms with Crippen molar-refractivity contribution in [2.24, 2.45) is 0 Å². The van der Waals surface area contributed by atoms with Gasteiger partial charge in [0.15, 0.2) is 0 Å². The van der Waals surface area contributed by atoms with Gasteiger partial charge in [0, 0.05) is 25.3 Å². The Bertz CT molecular complexity index is 675. The van der Waals surface area contributed by atoms with Crippen LogP contribution in [0.2, 0.25) is 0 Å². The van der Waals surface area contributed by atoms with Crippen molar-refractivity contribution in [2.75, 3.05) is 31.6 Å². The molecule has 1 aliphatic heterocycles. The topological polar surface area (TPSA) is 82.1 Å². The van der Waals surface area contributed by atoms with Gasteiger partial charge >= 0.3 is 12.1 Å². The van der Waals surface area contributed by atoms with Gasteiger partial charge in [0.2, 0.25) is 0 Å². The van der Waals surface area contributed by atoms with Crippen molar-refractivity contribution >= 4 is 17.8 Å². The zero-order valence-corrected chi connectivity index (χ0v) is 15.6. The maximum absolute atomic E-state index is 13.3. The fourth-order valence-electron chi connectivity index (χ4n) is 2.69. The lowest BCUT2D eigenvalue weighted by Crippen LogP contribution is -2.59. The van der Waals surface area contributed by atoms with Gasteiger partial charge in [-0.1, -0.05) is 0 Å². The van der Waals surface area contributed by atoms with E-state index in [1.165, 1.54) is 28.0 Å². The van der Waals surface area contributed by atoms with Gasteiger partial charge < -0.3 is 25.0 Å².